The van der Waals surface area contributed by atoms with Gasteiger partial charge in [0.1, 0.15) is 0 Å². The van der Waals surface area contributed by atoms with E-state index in [-0.39, 0.29) is 0 Å². The number of benzene rings is 6. The van der Waals surface area contributed by atoms with Crippen LogP contribution in [-0.2, 0) is 0 Å². The normalized spacial score (nSPS) is 11.1. The van der Waals surface area contributed by atoms with Crippen molar-refractivity contribution in [3.63, 3.8) is 0 Å². The van der Waals surface area contributed by atoms with E-state index in [4.69, 9.17) is 0 Å². The smallest absolute Gasteiger partial charge is 0.00266 e. The minimum absolute atomic E-state index is 1.24. The van der Waals surface area contributed by atoms with Crippen molar-refractivity contribution in [2.45, 2.75) is 0 Å². The van der Waals surface area contributed by atoms with Crippen molar-refractivity contribution < 1.29 is 0 Å². The van der Waals surface area contributed by atoms with Crippen LogP contribution < -0.4 is 0 Å². The van der Waals surface area contributed by atoms with Gasteiger partial charge in [-0.1, -0.05) is 121 Å². The van der Waals surface area contributed by atoms with Gasteiger partial charge in [0.25, 0.3) is 0 Å². The molecule has 0 saturated heterocycles. The summed E-state index contributed by atoms with van der Waals surface area (Å²) in [7, 11) is 0. The van der Waals surface area contributed by atoms with E-state index in [9.17, 15) is 0 Å². The highest BCUT2D eigenvalue weighted by atomic mass is 14.2. The molecule has 32 heavy (non-hydrogen) atoms. The Kier molecular flexibility index (Phi) is 4.55. The first kappa shape index (κ1) is 18.6. The van der Waals surface area contributed by atoms with Gasteiger partial charge in [0.15, 0.2) is 0 Å². The third kappa shape index (κ3) is 3.18. The summed E-state index contributed by atoms with van der Waals surface area (Å²) in [5.74, 6) is 0. The van der Waals surface area contributed by atoms with Gasteiger partial charge in [-0.3, -0.25) is 0 Å². The molecular formula is C32H22. The van der Waals surface area contributed by atoms with Crippen LogP contribution in [0, 0.1) is 0 Å². The molecule has 0 aliphatic rings. The highest BCUT2D eigenvalue weighted by Gasteiger charge is 2.15. The van der Waals surface area contributed by atoms with E-state index in [0.29, 0.717) is 0 Å². The lowest BCUT2D eigenvalue weighted by Crippen LogP contribution is -1.91. The zero-order valence-electron chi connectivity index (χ0n) is 17.7. The Hall–Kier alpha value is -4.16. The molecule has 6 rings (SSSR count). The van der Waals surface area contributed by atoms with Gasteiger partial charge in [0.05, 0.1) is 0 Å². The molecule has 0 nitrogen and oxygen atoms in total. The maximum atomic E-state index is 2.34. The third-order valence-corrected chi connectivity index (χ3v) is 6.25. The lowest BCUT2D eigenvalue weighted by Gasteiger charge is -2.18. The maximum Gasteiger partial charge on any atom is -0.00266 e. The summed E-state index contributed by atoms with van der Waals surface area (Å²) >= 11 is 0. The fraction of sp³-hybridized carbons (Fsp3) is 0. The quantitative estimate of drug-likeness (QED) is 0.257. The van der Waals surface area contributed by atoms with E-state index < -0.39 is 0 Å². The Morgan fingerprint density at radius 2 is 0.844 bits per heavy atom. The average Bonchev–Trinajstić information content (AvgIpc) is 2.87. The Morgan fingerprint density at radius 3 is 1.59 bits per heavy atom. The number of fused-ring (bicyclic) bond motifs is 2. The van der Waals surface area contributed by atoms with Gasteiger partial charge in [-0.15, -0.1) is 0 Å². The molecule has 0 heteroatoms. The molecule has 0 heterocycles. The highest BCUT2D eigenvalue weighted by Crippen LogP contribution is 2.42. The Balaban J connectivity index is 1.70. The van der Waals surface area contributed by atoms with E-state index in [1.54, 1.807) is 0 Å². The molecule has 0 aliphatic carbocycles. The van der Waals surface area contributed by atoms with Crippen LogP contribution in [-0.4, -0.2) is 0 Å². The maximum absolute atomic E-state index is 2.34. The first-order valence-corrected chi connectivity index (χ1v) is 11.0. The summed E-state index contributed by atoms with van der Waals surface area (Å²) in [5.41, 5.74) is 7.54. The lowest BCUT2D eigenvalue weighted by molar-refractivity contribution is 1.57. The molecule has 0 saturated carbocycles. The van der Waals surface area contributed by atoms with Gasteiger partial charge in [-0.05, 0) is 67.1 Å². The second-order valence-electron chi connectivity index (χ2n) is 8.19. The zero-order valence-corrected chi connectivity index (χ0v) is 17.7. The average molecular weight is 407 g/mol. The van der Waals surface area contributed by atoms with Crippen molar-refractivity contribution in [3.8, 4) is 33.4 Å². The van der Waals surface area contributed by atoms with Crippen LogP contribution in [0.15, 0.2) is 133 Å². The zero-order chi connectivity index (χ0) is 21.3. The molecule has 6 aromatic carbocycles. The molecule has 0 spiro atoms. The molecule has 150 valence electrons. The second kappa shape index (κ2) is 7.83. The first-order valence-electron chi connectivity index (χ1n) is 11.0. The summed E-state index contributed by atoms with van der Waals surface area (Å²) < 4.78 is 0. The van der Waals surface area contributed by atoms with Gasteiger partial charge < -0.3 is 0 Å². The molecule has 0 N–H and O–H groups in total. The van der Waals surface area contributed by atoms with E-state index in [2.05, 4.69) is 133 Å². The summed E-state index contributed by atoms with van der Waals surface area (Å²) in [6, 6.07) is 48.0. The molecule has 0 fully saturated rings. The van der Waals surface area contributed by atoms with Crippen LogP contribution in [0.4, 0.5) is 0 Å². The minimum Gasteiger partial charge on any atom is -0.0622 e. The van der Waals surface area contributed by atoms with Crippen molar-refractivity contribution in [3.05, 3.63) is 133 Å². The van der Waals surface area contributed by atoms with Gasteiger partial charge in [0.2, 0.25) is 0 Å². The lowest BCUT2D eigenvalue weighted by atomic mass is 9.86. The minimum atomic E-state index is 1.24. The molecule has 0 amide bonds. The molecule has 0 aliphatic heterocycles. The Labute approximate surface area is 188 Å². The van der Waals surface area contributed by atoms with Gasteiger partial charge >= 0.3 is 0 Å². The largest absolute Gasteiger partial charge is 0.0622 e. The van der Waals surface area contributed by atoms with Crippen LogP contribution in [0.3, 0.4) is 0 Å². The summed E-state index contributed by atoms with van der Waals surface area (Å²) in [4.78, 5) is 0. The standard InChI is InChI=1S/C32H22/c1-3-11-23(12-4-1)28-18-10-20-30(32(28)24-13-5-2-6-14-24)29-19-9-17-27-21-25-15-7-8-16-26(25)22-31(27)29/h1-22H. The molecule has 0 atom stereocenters. The van der Waals surface area contributed by atoms with Crippen LogP contribution >= 0.6 is 0 Å². The van der Waals surface area contributed by atoms with E-state index in [1.807, 2.05) is 0 Å². The monoisotopic (exact) mass is 406 g/mol. The van der Waals surface area contributed by atoms with Gasteiger partial charge in [-0.2, -0.15) is 0 Å². The van der Waals surface area contributed by atoms with Crippen molar-refractivity contribution in [2.75, 3.05) is 0 Å². The van der Waals surface area contributed by atoms with Crippen LogP contribution in [0.1, 0.15) is 0 Å². The fourth-order valence-electron chi connectivity index (χ4n) is 4.75. The summed E-state index contributed by atoms with van der Waals surface area (Å²) in [6.45, 7) is 0. The molecule has 0 bridgehead atoms. The molecule has 0 aromatic heterocycles. The van der Waals surface area contributed by atoms with Crippen LogP contribution in [0.5, 0.6) is 0 Å². The Bertz CT molecular complexity index is 1540. The van der Waals surface area contributed by atoms with Crippen molar-refractivity contribution in [1.29, 1.82) is 0 Å². The predicted octanol–water partition coefficient (Wildman–Crippen LogP) is 8.99. The molecular weight excluding hydrogens is 384 g/mol. The van der Waals surface area contributed by atoms with Crippen molar-refractivity contribution in [1.82, 2.24) is 0 Å². The topological polar surface area (TPSA) is 0 Å². The Morgan fingerprint density at radius 1 is 0.312 bits per heavy atom. The van der Waals surface area contributed by atoms with Crippen molar-refractivity contribution in [2.24, 2.45) is 0 Å². The SMILES string of the molecule is c1ccc(-c2cccc(-c3cccc4cc5ccccc5cc34)c2-c2ccccc2)cc1. The second-order valence-corrected chi connectivity index (χ2v) is 8.19. The number of hydrogen-bond donors (Lipinski definition) is 0. The van der Waals surface area contributed by atoms with Crippen molar-refractivity contribution >= 4 is 21.5 Å². The van der Waals surface area contributed by atoms with Crippen LogP contribution in [0.2, 0.25) is 0 Å². The van der Waals surface area contributed by atoms with E-state index in [1.165, 1.54) is 54.9 Å². The molecule has 0 unspecified atom stereocenters. The van der Waals surface area contributed by atoms with E-state index >= 15 is 0 Å². The molecule has 0 radical (unpaired) electrons. The molecule has 6 aromatic rings. The predicted molar refractivity (Wildman–Crippen MR) is 138 cm³/mol. The van der Waals surface area contributed by atoms with E-state index in [0.717, 1.165) is 0 Å². The van der Waals surface area contributed by atoms with Gasteiger partial charge in [-0.25, -0.2) is 0 Å². The van der Waals surface area contributed by atoms with Gasteiger partial charge in [0, 0.05) is 0 Å². The fourth-order valence-corrected chi connectivity index (χ4v) is 4.75. The van der Waals surface area contributed by atoms with Crippen LogP contribution in [0.25, 0.3) is 54.9 Å². The number of hydrogen-bond acceptors (Lipinski definition) is 0. The highest BCUT2D eigenvalue weighted by molar-refractivity contribution is 6.08. The summed E-state index contributed by atoms with van der Waals surface area (Å²) in [6.07, 6.45) is 0. The first-order chi connectivity index (χ1) is 15.9. The number of rotatable bonds is 3. The third-order valence-electron chi connectivity index (χ3n) is 6.25. The summed E-state index contributed by atoms with van der Waals surface area (Å²) in [5, 5.41) is 5.10.